The smallest absolute Gasteiger partial charge is 0.336 e. The van der Waals surface area contributed by atoms with Crippen LogP contribution in [-0.4, -0.2) is 41.2 Å². The summed E-state index contributed by atoms with van der Waals surface area (Å²) in [5, 5.41) is 13.5. The minimum atomic E-state index is -0.385. The maximum Gasteiger partial charge on any atom is 0.336 e. The van der Waals surface area contributed by atoms with Gasteiger partial charge in [-0.25, -0.2) is 9.78 Å². The Balaban J connectivity index is 1.52. The van der Waals surface area contributed by atoms with Crippen LogP contribution in [0.25, 0.3) is 11.0 Å². The molecule has 24 heavy (non-hydrogen) atoms. The van der Waals surface area contributed by atoms with E-state index in [4.69, 9.17) is 4.42 Å². The van der Waals surface area contributed by atoms with Crippen molar-refractivity contribution in [1.29, 1.82) is 0 Å². The van der Waals surface area contributed by atoms with E-state index in [1.807, 2.05) is 11.6 Å². The number of phenols is 1. The number of aromatic nitrogens is 1. The summed E-state index contributed by atoms with van der Waals surface area (Å²) in [4.78, 5) is 20.8. The van der Waals surface area contributed by atoms with Gasteiger partial charge < -0.3 is 14.4 Å². The van der Waals surface area contributed by atoms with Gasteiger partial charge in [0.1, 0.15) is 11.3 Å². The lowest BCUT2D eigenvalue weighted by molar-refractivity contribution is 0.250. The van der Waals surface area contributed by atoms with Crippen LogP contribution in [0.5, 0.6) is 5.75 Å². The lowest BCUT2D eigenvalue weighted by Gasteiger charge is -2.34. The van der Waals surface area contributed by atoms with Gasteiger partial charge in [0.25, 0.3) is 0 Å². The van der Waals surface area contributed by atoms with Crippen LogP contribution < -0.4 is 10.5 Å². The van der Waals surface area contributed by atoms with Gasteiger partial charge in [-0.1, -0.05) is 0 Å². The molecule has 1 aliphatic heterocycles. The molecular formula is C17H17N3O3S. The number of anilines is 1. The molecule has 1 N–H and O–H groups in total. The quantitative estimate of drug-likeness (QED) is 0.736. The van der Waals surface area contributed by atoms with Gasteiger partial charge >= 0.3 is 5.63 Å². The SMILES string of the molecule is O=c1cc(CN2CCN(c3nccs3)CC2)c2ccc(O)cc2o1. The number of fused-ring (bicyclic) bond motifs is 1. The van der Waals surface area contributed by atoms with Crippen molar-refractivity contribution in [2.75, 3.05) is 31.1 Å². The lowest BCUT2D eigenvalue weighted by Crippen LogP contribution is -2.46. The summed E-state index contributed by atoms with van der Waals surface area (Å²) in [6.07, 6.45) is 1.83. The number of rotatable bonds is 3. The summed E-state index contributed by atoms with van der Waals surface area (Å²) in [5.41, 5.74) is 0.979. The summed E-state index contributed by atoms with van der Waals surface area (Å²) < 4.78 is 5.19. The number of hydrogen-bond acceptors (Lipinski definition) is 7. The number of thiazole rings is 1. The first-order valence-corrected chi connectivity index (χ1v) is 8.69. The molecule has 4 rings (SSSR count). The number of phenolic OH excluding ortho intramolecular Hbond substituents is 1. The standard InChI is InChI=1S/C17H17N3O3S/c21-13-1-2-14-12(9-16(22)23-15(14)10-13)11-19-4-6-20(7-5-19)17-18-3-8-24-17/h1-3,8-10,21H,4-7,11H2. The molecule has 0 bridgehead atoms. The molecule has 0 unspecified atom stereocenters. The van der Waals surface area contributed by atoms with Crippen molar-refractivity contribution in [2.45, 2.75) is 6.54 Å². The van der Waals surface area contributed by atoms with Crippen molar-refractivity contribution in [2.24, 2.45) is 0 Å². The van der Waals surface area contributed by atoms with Gasteiger partial charge in [-0.05, 0) is 17.7 Å². The van der Waals surface area contributed by atoms with Crippen LogP contribution in [0.15, 0.2) is 45.1 Å². The molecule has 7 heteroatoms. The van der Waals surface area contributed by atoms with E-state index in [1.54, 1.807) is 29.5 Å². The number of hydrogen-bond donors (Lipinski definition) is 1. The van der Waals surface area contributed by atoms with Gasteiger partial charge in [0.15, 0.2) is 5.13 Å². The Morgan fingerprint density at radius 2 is 2.04 bits per heavy atom. The molecule has 6 nitrogen and oxygen atoms in total. The first kappa shape index (κ1) is 15.2. The predicted molar refractivity (Wildman–Crippen MR) is 93.8 cm³/mol. The molecule has 2 aromatic heterocycles. The average molecular weight is 343 g/mol. The Morgan fingerprint density at radius 3 is 2.79 bits per heavy atom. The number of aromatic hydroxyl groups is 1. The third kappa shape index (κ3) is 3.00. The van der Waals surface area contributed by atoms with Crippen molar-refractivity contribution in [3.63, 3.8) is 0 Å². The van der Waals surface area contributed by atoms with Crippen molar-refractivity contribution < 1.29 is 9.52 Å². The monoisotopic (exact) mass is 343 g/mol. The van der Waals surface area contributed by atoms with Crippen LogP contribution >= 0.6 is 11.3 Å². The first-order valence-electron chi connectivity index (χ1n) is 7.81. The normalized spacial score (nSPS) is 15.9. The highest BCUT2D eigenvalue weighted by Crippen LogP contribution is 2.24. The van der Waals surface area contributed by atoms with Crippen molar-refractivity contribution in [1.82, 2.24) is 9.88 Å². The van der Waals surface area contributed by atoms with E-state index in [9.17, 15) is 9.90 Å². The van der Waals surface area contributed by atoms with Gasteiger partial charge in [0.05, 0.1) is 0 Å². The minimum Gasteiger partial charge on any atom is -0.508 e. The number of piperazine rings is 1. The van der Waals surface area contributed by atoms with Gasteiger partial charge in [-0.15, -0.1) is 11.3 Å². The Labute approximate surface area is 142 Å². The summed E-state index contributed by atoms with van der Waals surface area (Å²) in [6, 6.07) is 6.45. The molecule has 0 saturated carbocycles. The fraction of sp³-hybridized carbons (Fsp3) is 0.294. The second kappa shape index (κ2) is 6.26. The summed E-state index contributed by atoms with van der Waals surface area (Å²) in [6.45, 7) is 4.37. The Morgan fingerprint density at radius 1 is 1.21 bits per heavy atom. The lowest BCUT2D eigenvalue weighted by atomic mass is 10.1. The molecule has 0 radical (unpaired) electrons. The van der Waals surface area contributed by atoms with E-state index < -0.39 is 0 Å². The third-order valence-corrected chi connectivity index (χ3v) is 5.10. The van der Waals surface area contributed by atoms with E-state index in [0.29, 0.717) is 12.1 Å². The topological polar surface area (TPSA) is 69.8 Å². The molecule has 1 aromatic carbocycles. The zero-order chi connectivity index (χ0) is 16.5. The number of nitrogens with zero attached hydrogens (tertiary/aromatic N) is 3. The zero-order valence-corrected chi connectivity index (χ0v) is 13.8. The highest BCUT2D eigenvalue weighted by atomic mass is 32.1. The van der Waals surface area contributed by atoms with Crippen LogP contribution in [0, 0.1) is 0 Å². The predicted octanol–water partition coefficient (Wildman–Crippen LogP) is 2.28. The van der Waals surface area contributed by atoms with Gasteiger partial charge in [0, 0.05) is 61.8 Å². The molecule has 0 aliphatic carbocycles. The molecule has 0 spiro atoms. The van der Waals surface area contributed by atoms with Crippen molar-refractivity contribution in [3.8, 4) is 5.75 Å². The van der Waals surface area contributed by atoms with Crippen LogP contribution in [0.4, 0.5) is 5.13 Å². The second-order valence-electron chi connectivity index (χ2n) is 5.85. The molecule has 124 valence electrons. The highest BCUT2D eigenvalue weighted by Gasteiger charge is 2.19. The zero-order valence-electron chi connectivity index (χ0n) is 13.0. The van der Waals surface area contributed by atoms with Gasteiger partial charge in [-0.3, -0.25) is 4.90 Å². The molecule has 1 aliphatic rings. The Hall–Kier alpha value is -2.38. The maximum absolute atomic E-state index is 11.8. The largest absolute Gasteiger partial charge is 0.508 e. The van der Waals surface area contributed by atoms with E-state index in [0.717, 1.165) is 42.3 Å². The van der Waals surface area contributed by atoms with Crippen LogP contribution in [0.1, 0.15) is 5.56 Å². The Bertz CT molecular complexity index is 899. The molecule has 1 saturated heterocycles. The summed E-state index contributed by atoms with van der Waals surface area (Å²) in [5.74, 6) is 0.0971. The molecule has 1 fully saturated rings. The minimum absolute atomic E-state index is 0.0971. The van der Waals surface area contributed by atoms with Crippen molar-refractivity contribution in [3.05, 3.63) is 51.8 Å². The highest BCUT2D eigenvalue weighted by molar-refractivity contribution is 7.13. The molecule has 3 aromatic rings. The van der Waals surface area contributed by atoms with E-state index >= 15 is 0 Å². The van der Waals surface area contributed by atoms with Crippen LogP contribution in [0.3, 0.4) is 0 Å². The summed E-state index contributed by atoms with van der Waals surface area (Å²) >= 11 is 1.66. The van der Waals surface area contributed by atoms with Crippen LogP contribution in [-0.2, 0) is 6.54 Å². The fourth-order valence-corrected chi connectivity index (χ4v) is 3.76. The first-order chi connectivity index (χ1) is 11.7. The molecule has 0 amide bonds. The van der Waals surface area contributed by atoms with E-state index in [1.165, 1.54) is 6.07 Å². The van der Waals surface area contributed by atoms with E-state index in [2.05, 4.69) is 14.8 Å². The molecular weight excluding hydrogens is 326 g/mol. The van der Waals surface area contributed by atoms with Gasteiger partial charge in [-0.2, -0.15) is 0 Å². The average Bonchev–Trinajstić information content (AvgIpc) is 3.09. The van der Waals surface area contributed by atoms with Gasteiger partial charge in [0.2, 0.25) is 0 Å². The van der Waals surface area contributed by atoms with E-state index in [-0.39, 0.29) is 11.4 Å². The van der Waals surface area contributed by atoms with Crippen molar-refractivity contribution >= 4 is 27.4 Å². The second-order valence-corrected chi connectivity index (χ2v) is 6.72. The Kier molecular flexibility index (Phi) is 3.95. The summed E-state index contributed by atoms with van der Waals surface area (Å²) in [7, 11) is 0. The molecule has 3 heterocycles. The third-order valence-electron chi connectivity index (χ3n) is 4.27. The maximum atomic E-state index is 11.8. The molecule has 0 atom stereocenters. The van der Waals surface area contributed by atoms with Crippen LogP contribution in [0.2, 0.25) is 0 Å². The number of benzene rings is 1. The fourth-order valence-electron chi connectivity index (χ4n) is 3.06.